The number of hydrogen-bond acceptors (Lipinski definition) is 5. The summed E-state index contributed by atoms with van der Waals surface area (Å²) in [5.74, 6) is -0.288. The molecule has 7 nitrogen and oxygen atoms in total. The number of rotatable bonds is 9. The third-order valence-corrected chi connectivity index (χ3v) is 5.59. The molecule has 0 spiro atoms. The molecular formula is C17H21N3O4S. The van der Waals surface area contributed by atoms with Crippen molar-refractivity contribution in [3.8, 4) is 0 Å². The van der Waals surface area contributed by atoms with E-state index in [0.717, 1.165) is 5.56 Å². The van der Waals surface area contributed by atoms with E-state index in [4.69, 9.17) is 5.73 Å². The van der Waals surface area contributed by atoms with Crippen LogP contribution in [0.5, 0.6) is 0 Å². The molecule has 0 amide bonds. The molecule has 2 aromatic carbocycles. The van der Waals surface area contributed by atoms with Gasteiger partial charge in [-0.05, 0) is 17.5 Å². The van der Waals surface area contributed by atoms with Crippen molar-refractivity contribution in [2.24, 2.45) is 5.73 Å². The number of hydrogen-bond donors (Lipinski definition) is 1. The lowest BCUT2D eigenvalue weighted by atomic mass is 10.1. The molecule has 0 radical (unpaired) electrons. The molecule has 2 N–H and O–H groups in total. The standard InChI is InChI=1S/C17H21N3O4S/c18-10-12-19(11-9-15-5-2-1-3-6-15)25(23,24)14-16-7-4-8-17(13-16)20(21)22/h1-8,13H,9-12,14,18H2. The molecular weight excluding hydrogens is 342 g/mol. The van der Waals surface area contributed by atoms with Crippen LogP contribution in [-0.4, -0.2) is 37.3 Å². The van der Waals surface area contributed by atoms with Gasteiger partial charge in [-0.2, -0.15) is 0 Å². The Morgan fingerprint density at radius 3 is 2.32 bits per heavy atom. The summed E-state index contributed by atoms with van der Waals surface area (Å²) < 4.78 is 26.7. The summed E-state index contributed by atoms with van der Waals surface area (Å²) >= 11 is 0. The van der Waals surface area contributed by atoms with Crippen LogP contribution in [0.4, 0.5) is 5.69 Å². The molecule has 0 aliphatic carbocycles. The molecule has 0 unspecified atom stereocenters. The summed E-state index contributed by atoms with van der Waals surface area (Å²) in [5, 5.41) is 10.8. The van der Waals surface area contributed by atoms with E-state index in [0.29, 0.717) is 18.5 Å². The number of nitrogens with two attached hydrogens (primary N) is 1. The van der Waals surface area contributed by atoms with E-state index < -0.39 is 14.9 Å². The van der Waals surface area contributed by atoms with E-state index in [1.165, 1.54) is 22.5 Å². The summed E-state index contributed by atoms with van der Waals surface area (Å²) in [6, 6.07) is 15.3. The third kappa shape index (κ3) is 5.63. The van der Waals surface area contributed by atoms with Crippen molar-refractivity contribution in [2.75, 3.05) is 19.6 Å². The fraction of sp³-hybridized carbons (Fsp3) is 0.294. The van der Waals surface area contributed by atoms with Gasteiger partial charge in [0, 0.05) is 31.8 Å². The molecule has 0 bridgehead atoms. The van der Waals surface area contributed by atoms with Gasteiger partial charge in [-0.1, -0.05) is 42.5 Å². The lowest BCUT2D eigenvalue weighted by Crippen LogP contribution is -2.37. The Kier molecular flexibility index (Phi) is 6.63. The van der Waals surface area contributed by atoms with Crippen molar-refractivity contribution >= 4 is 15.7 Å². The molecule has 0 aliphatic rings. The summed E-state index contributed by atoms with van der Waals surface area (Å²) in [6.07, 6.45) is 0.578. The first kappa shape index (κ1) is 19.0. The highest BCUT2D eigenvalue weighted by Crippen LogP contribution is 2.17. The highest BCUT2D eigenvalue weighted by Gasteiger charge is 2.22. The second kappa shape index (κ2) is 8.70. The largest absolute Gasteiger partial charge is 0.329 e. The molecule has 0 saturated carbocycles. The summed E-state index contributed by atoms with van der Waals surface area (Å²) in [6.45, 7) is 0.742. The van der Waals surface area contributed by atoms with Crippen LogP contribution < -0.4 is 5.73 Å². The van der Waals surface area contributed by atoms with Crippen LogP contribution >= 0.6 is 0 Å². The van der Waals surface area contributed by atoms with Gasteiger partial charge in [-0.25, -0.2) is 12.7 Å². The minimum absolute atomic E-state index is 0.123. The Hall–Kier alpha value is -2.29. The molecule has 0 aromatic heterocycles. The third-order valence-electron chi connectivity index (χ3n) is 3.74. The molecule has 0 saturated heterocycles. The van der Waals surface area contributed by atoms with Gasteiger partial charge in [0.05, 0.1) is 10.7 Å². The fourth-order valence-corrected chi connectivity index (χ4v) is 4.03. The van der Waals surface area contributed by atoms with Crippen LogP contribution in [0.3, 0.4) is 0 Å². The normalized spacial score (nSPS) is 11.6. The van der Waals surface area contributed by atoms with Gasteiger partial charge in [0.1, 0.15) is 0 Å². The van der Waals surface area contributed by atoms with Gasteiger partial charge >= 0.3 is 0 Å². The summed E-state index contributed by atoms with van der Waals surface area (Å²) in [7, 11) is -3.62. The maximum absolute atomic E-state index is 12.7. The van der Waals surface area contributed by atoms with Gasteiger partial charge in [0.25, 0.3) is 5.69 Å². The van der Waals surface area contributed by atoms with Crippen LogP contribution in [0.15, 0.2) is 54.6 Å². The zero-order valence-corrected chi connectivity index (χ0v) is 14.6. The number of benzene rings is 2. The number of nitrogens with zero attached hydrogens (tertiary/aromatic N) is 2. The van der Waals surface area contributed by atoms with Crippen molar-refractivity contribution in [3.63, 3.8) is 0 Å². The fourth-order valence-electron chi connectivity index (χ4n) is 2.49. The van der Waals surface area contributed by atoms with Crippen molar-refractivity contribution in [1.29, 1.82) is 0 Å². The predicted octanol–water partition coefficient (Wildman–Crippen LogP) is 1.93. The maximum Gasteiger partial charge on any atom is 0.269 e. The Morgan fingerprint density at radius 2 is 1.68 bits per heavy atom. The Labute approximate surface area is 147 Å². The predicted molar refractivity (Wildman–Crippen MR) is 96.5 cm³/mol. The van der Waals surface area contributed by atoms with E-state index in [1.807, 2.05) is 30.3 Å². The minimum atomic E-state index is -3.62. The molecule has 2 rings (SSSR count). The Bertz CT molecular complexity index is 810. The number of non-ortho nitro benzene ring substituents is 1. The van der Waals surface area contributed by atoms with Gasteiger partial charge < -0.3 is 5.73 Å². The van der Waals surface area contributed by atoms with Crippen LogP contribution in [0.25, 0.3) is 0 Å². The minimum Gasteiger partial charge on any atom is -0.329 e. The second-order valence-corrected chi connectivity index (χ2v) is 7.58. The smallest absolute Gasteiger partial charge is 0.269 e. The second-order valence-electron chi connectivity index (χ2n) is 5.61. The molecule has 8 heteroatoms. The molecule has 0 aliphatic heterocycles. The van der Waals surface area contributed by atoms with Crippen LogP contribution in [0, 0.1) is 10.1 Å². The van der Waals surface area contributed by atoms with Crippen molar-refractivity contribution < 1.29 is 13.3 Å². The molecule has 0 atom stereocenters. The van der Waals surface area contributed by atoms with E-state index in [1.54, 1.807) is 6.07 Å². The van der Waals surface area contributed by atoms with Crippen molar-refractivity contribution in [1.82, 2.24) is 4.31 Å². The lowest BCUT2D eigenvalue weighted by molar-refractivity contribution is -0.384. The van der Waals surface area contributed by atoms with Gasteiger partial charge in [0.15, 0.2) is 0 Å². The van der Waals surface area contributed by atoms with E-state index >= 15 is 0 Å². The number of nitro groups is 1. The van der Waals surface area contributed by atoms with Crippen LogP contribution in [0.1, 0.15) is 11.1 Å². The molecule has 134 valence electrons. The number of nitro benzene ring substituents is 1. The van der Waals surface area contributed by atoms with E-state index in [-0.39, 0.29) is 24.5 Å². The van der Waals surface area contributed by atoms with Crippen LogP contribution in [0.2, 0.25) is 0 Å². The SMILES string of the molecule is NCCN(CCc1ccccc1)S(=O)(=O)Cc1cccc([N+](=O)[O-])c1. The van der Waals surface area contributed by atoms with Gasteiger partial charge in [0.2, 0.25) is 10.0 Å². The van der Waals surface area contributed by atoms with Crippen molar-refractivity contribution in [2.45, 2.75) is 12.2 Å². The first-order chi connectivity index (χ1) is 11.9. The first-order valence-electron chi connectivity index (χ1n) is 7.87. The van der Waals surface area contributed by atoms with Crippen LogP contribution in [-0.2, 0) is 22.2 Å². The quantitative estimate of drug-likeness (QED) is 0.541. The molecule has 0 fully saturated rings. The average molecular weight is 363 g/mol. The number of sulfonamides is 1. The first-order valence-corrected chi connectivity index (χ1v) is 9.48. The highest BCUT2D eigenvalue weighted by molar-refractivity contribution is 7.88. The van der Waals surface area contributed by atoms with E-state index in [2.05, 4.69) is 0 Å². The zero-order chi connectivity index (χ0) is 18.3. The van der Waals surface area contributed by atoms with E-state index in [9.17, 15) is 18.5 Å². The average Bonchev–Trinajstić information content (AvgIpc) is 2.59. The zero-order valence-electron chi connectivity index (χ0n) is 13.7. The Balaban J connectivity index is 2.12. The monoisotopic (exact) mass is 363 g/mol. The molecule has 2 aromatic rings. The Morgan fingerprint density at radius 1 is 1.00 bits per heavy atom. The van der Waals surface area contributed by atoms with Gasteiger partial charge in [-0.3, -0.25) is 10.1 Å². The topological polar surface area (TPSA) is 107 Å². The van der Waals surface area contributed by atoms with Crippen molar-refractivity contribution in [3.05, 3.63) is 75.8 Å². The maximum atomic E-state index is 12.7. The summed E-state index contributed by atoms with van der Waals surface area (Å²) in [4.78, 5) is 10.3. The molecule has 0 heterocycles. The lowest BCUT2D eigenvalue weighted by Gasteiger charge is -2.21. The highest BCUT2D eigenvalue weighted by atomic mass is 32.2. The summed E-state index contributed by atoms with van der Waals surface area (Å²) in [5.41, 5.74) is 6.86. The van der Waals surface area contributed by atoms with Gasteiger partial charge in [-0.15, -0.1) is 0 Å². The molecule has 25 heavy (non-hydrogen) atoms.